The Balaban J connectivity index is 1.35. The van der Waals surface area contributed by atoms with Gasteiger partial charge in [-0.25, -0.2) is 16.8 Å². The Morgan fingerprint density at radius 1 is 0.737 bits per heavy atom. The monoisotopic (exact) mass is 555 g/mol. The number of rotatable bonds is 12. The van der Waals surface area contributed by atoms with E-state index in [1.54, 1.807) is 42.5 Å². The molecule has 0 aliphatic carbocycles. The van der Waals surface area contributed by atoms with Crippen molar-refractivity contribution in [3.8, 4) is 0 Å². The van der Waals surface area contributed by atoms with E-state index >= 15 is 0 Å². The summed E-state index contributed by atoms with van der Waals surface area (Å²) in [6.45, 7) is 1.28. The van der Waals surface area contributed by atoms with Crippen LogP contribution in [0.5, 0.6) is 0 Å². The number of amides is 1. The molecule has 0 radical (unpaired) electrons. The minimum atomic E-state index is -3.86. The molecular formula is C28H33N3O5S2. The summed E-state index contributed by atoms with van der Waals surface area (Å²) < 4.78 is 54.7. The predicted octanol–water partition coefficient (Wildman–Crippen LogP) is 3.06. The highest BCUT2D eigenvalue weighted by Gasteiger charge is 2.27. The van der Waals surface area contributed by atoms with Crippen LogP contribution in [0, 0.1) is 0 Å². The molecule has 0 bridgehead atoms. The third kappa shape index (κ3) is 7.08. The van der Waals surface area contributed by atoms with Crippen molar-refractivity contribution in [2.24, 2.45) is 0 Å². The van der Waals surface area contributed by atoms with E-state index in [0.717, 1.165) is 24.0 Å². The van der Waals surface area contributed by atoms with Gasteiger partial charge in [0.15, 0.2) is 0 Å². The standard InChI is InChI=1S/C28H33N3O5S2/c32-28(29-19-17-25-13-15-27(16-14-25)37(33,34)30-20-7-8-21-30)23-31(22-18-24-9-3-1-4-10-24)38(35,36)26-11-5-2-6-12-26/h1-6,9-16H,7-8,17-23H2,(H,29,32). The molecule has 38 heavy (non-hydrogen) atoms. The lowest BCUT2D eigenvalue weighted by atomic mass is 10.1. The zero-order valence-corrected chi connectivity index (χ0v) is 22.8. The van der Waals surface area contributed by atoms with Gasteiger partial charge in [-0.15, -0.1) is 0 Å². The van der Waals surface area contributed by atoms with Crippen LogP contribution in [0.2, 0.25) is 0 Å². The summed E-state index contributed by atoms with van der Waals surface area (Å²) in [7, 11) is -7.32. The van der Waals surface area contributed by atoms with E-state index in [1.807, 2.05) is 30.3 Å². The van der Waals surface area contributed by atoms with Gasteiger partial charge < -0.3 is 5.32 Å². The molecule has 8 nitrogen and oxygen atoms in total. The van der Waals surface area contributed by atoms with E-state index in [1.165, 1.54) is 20.7 Å². The first-order valence-corrected chi connectivity index (χ1v) is 15.6. The Labute approximate surface area is 225 Å². The number of nitrogens with one attached hydrogen (secondary N) is 1. The lowest BCUT2D eigenvalue weighted by Crippen LogP contribution is -2.42. The van der Waals surface area contributed by atoms with Crippen molar-refractivity contribution in [2.45, 2.75) is 35.5 Å². The minimum absolute atomic E-state index is 0.143. The molecule has 0 atom stereocenters. The fourth-order valence-corrected chi connectivity index (χ4v) is 7.33. The Kier molecular flexibility index (Phi) is 9.32. The van der Waals surface area contributed by atoms with E-state index in [0.29, 0.717) is 32.5 Å². The first-order valence-electron chi connectivity index (χ1n) is 12.7. The highest BCUT2D eigenvalue weighted by molar-refractivity contribution is 7.89. The molecule has 1 fully saturated rings. The van der Waals surface area contributed by atoms with E-state index in [2.05, 4.69) is 5.32 Å². The number of hydrogen-bond donors (Lipinski definition) is 1. The maximum Gasteiger partial charge on any atom is 0.243 e. The van der Waals surface area contributed by atoms with Gasteiger partial charge in [-0.05, 0) is 61.1 Å². The first-order chi connectivity index (χ1) is 18.3. The van der Waals surface area contributed by atoms with Crippen LogP contribution < -0.4 is 5.32 Å². The van der Waals surface area contributed by atoms with Gasteiger partial charge in [0.2, 0.25) is 26.0 Å². The molecule has 0 saturated carbocycles. The van der Waals surface area contributed by atoms with E-state index in [-0.39, 0.29) is 22.9 Å². The number of carbonyl (C=O) groups is 1. The van der Waals surface area contributed by atoms with Crippen LogP contribution in [0.15, 0.2) is 94.7 Å². The van der Waals surface area contributed by atoms with Gasteiger partial charge in [-0.2, -0.15) is 8.61 Å². The van der Waals surface area contributed by atoms with Crippen LogP contribution >= 0.6 is 0 Å². The fourth-order valence-electron chi connectivity index (χ4n) is 4.39. The molecule has 1 aliphatic rings. The Bertz CT molecular complexity index is 1410. The van der Waals surface area contributed by atoms with Crippen molar-refractivity contribution in [1.82, 2.24) is 13.9 Å². The molecule has 3 aromatic carbocycles. The van der Waals surface area contributed by atoms with Crippen molar-refractivity contribution in [3.05, 3.63) is 96.1 Å². The van der Waals surface area contributed by atoms with Gasteiger partial charge in [0.25, 0.3) is 0 Å². The quantitative estimate of drug-likeness (QED) is 0.370. The summed E-state index contributed by atoms with van der Waals surface area (Å²) in [5, 5.41) is 2.80. The van der Waals surface area contributed by atoms with E-state index in [9.17, 15) is 21.6 Å². The molecule has 1 saturated heterocycles. The Hall–Kier alpha value is -3.05. The molecule has 0 spiro atoms. The number of nitrogens with zero attached hydrogens (tertiary/aromatic N) is 2. The highest BCUT2D eigenvalue weighted by Crippen LogP contribution is 2.21. The molecule has 1 aliphatic heterocycles. The van der Waals surface area contributed by atoms with Crippen LogP contribution in [0.4, 0.5) is 0 Å². The minimum Gasteiger partial charge on any atom is -0.355 e. The molecule has 10 heteroatoms. The van der Waals surface area contributed by atoms with Crippen LogP contribution in [-0.4, -0.2) is 64.1 Å². The van der Waals surface area contributed by atoms with Gasteiger partial charge in [-0.1, -0.05) is 60.7 Å². The average Bonchev–Trinajstić information content (AvgIpc) is 3.49. The molecule has 0 aromatic heterocycles. The molecule has 0 unspecified atom stereocenters. The maximum atomic E-state index is 13.3. The summed E-state index contributed by atoms with van der Waals surface area (Å²) in [6.07, 6.45) is 2.73. The summed E-state index contributed by atoms with van der Waals surface area (Å²) in [6, 6.07) is 24.3. The van der Waals surface area contributed by atoms with Crippen molar-refractivity contribution in [3.63, 3.8) is 0 Å². The third-order valence-corrected chi connectivity index (χ3v) is 10.3. The second kappa shape index (κ2) is 12.7. The van der Waals surface area contributed by atoms with Gasteiger partial charge in [0.1, 0.15) is 0 Å². The zero-order chi connectivity index (χ0) is 27.0. The summed E-state index contributed by atoms with van der Waals surface area (Å²) in [5.74, 6) is -0.397. The molecule has 1 amide bonds. The Morgan fingerprint density at radius 2 is 1.32 bits per heavy atom. The second-order valence-electron chi connectivity index (χ2n) is 9.24. The number of benzene rings is 3. The molecule has 1 N–H and O–H groups in total. The zero-order valence-electron chi connectivity index (χ0n) is 21.2. The lowest BCUT2D eigenvalue weighted by molar-refractivity contribution is -0.121. The van der Waals surface area contributed by atoms with Gasteiger partial charge >= 0.3 is 0 Å². The van der Waals surface area contributed by atoms with Crippen molar-refractivity contribution in [1.29, 1.82) is 0 Å². The first kappa shape index (κ1) is 28.0. The normalized spacial score (nSPS) is 14.6. The Morgan fingerprint density at radius 3 is 1.95 bits per heavy atom. The van der Waals surface area contributed by atoms with Crippen molar-refractivity contribution in [2.75, 3.05) is 32.7 Å². The summed E-state index contributed by atoms with van der Waals surface area (Å²) >= 11 is 0. The van der Waals surface area contributed by atoms with Crippen LogP contribution in [0.3, 0.4) is 0 Å². The highest BCUT2D eigenvalue weighted by atomic mass is 32.2. The van der Waals surface area contributed by atoms with Gasteiger partial charge in [-0.3, -0.25) is 4.79 Å². The smallest absolute Gasteiger partial charge is 0.243 e. The maximum absolute atomic E-state index is 13.3. The molecular weight excluding hydrogens is 522 g/mol. The lowest BCUT2D eigenvalue weighted by Gasteiger charge is -2.22. The van der Waals surface area contributed by atoms with Gasteiger partial charge in [0.05, 0.1) is 16.3 Å². The number of carbonyl (C=O) groups excluding carboxylic acids is 1. The number of hydrogen-bond acceptors (Lipinski definition) is 5. The van der Waals surface area contributed by atoms with E-state index < -0.39 is 26.0 Å². The van der Waals surface area contributed by atoms with Crippen molar-refractivity contribution >= 4 is 26.0 Å². The van der Waals surface area contributed by atoms with Crippen LogP contribution in [0.1, 0.15) is 24.0 Å². The average molecular weight is 556 g/mol. The summed E-state index contributed by atoms with van der Waals surface area (Å²) in [5.41, 5.74) is 1.86. The third-order valence-electron chi connectivity index (χ3n) is 6.56. The van der Waals surface area contributed by atoms with E-state index in [4.69, 9.17) is 0 Å². The SMILES string of the molecule is O=C(CN(CCc1ccccc1)S(=O)(=O)c1ccccc1)NCCc1ccc(S(=O)(=O)N2CCCC2)cc1. The van der Waals surface area contributed by atoms with Crippen molar-refractivity contribution < 1.29 is 21.6 Å². The molecule has 3 aromatic rings. The van der Waals surface area contributed by atoms with Gasteiger partial charge in [0, 0.05) is 26.2 Å². The summed E-state index contributed by atoms with van der Waals surface area (Å²) in [4.78, 5) is 13.2. The molecule has 1 heterocycles. The fraction of sp³-hybridized carbons (Fsp3) is 0.321. The topological polar surface area (TPSA) is 104 Å². The van der Waals surface area contributed by atoms with Crippen LogP contribution in [-0.2, 0) is 37.7 Å². The number of sulfonamides is 2. The van der Waals surface area contributed by atoms with Crippen LogP contribution in [0.25, 0.3) is 0 Å². The largest absolute Gasteiger partial charge is 0.355 e. The predicted molar refractivity (Wildman–Crippen MR) is 146 cm³/mol. The second-order valence-corrected chi connectivity index (χ2v) is 13.1. The molecule has 202 valence electrons. The molecule has 4 rings (SSSR count).